The van der Waals surface area contributed by atoms with Gasteiger partial charge in [0.15, 0.2) is 11.5 Å². The number of rotatable bonds is 8. The van der Waals surface area contributed by atoms with Crippen molar-refractivity contribution in [2.24, 2.45) is 0 Å². The van der Waals surface area contributed by atoms with Crippen molar-refractivity contribution in [3.05, 3.63) is 42.1 Å². The maximum absolute atomic E-state index is 13.2. The van der Waals surface area contributed by atoms with E-state index in [0.29, 0.717) is 74.6 Å². The molecule has 0 aliphatic carbocycles. The summed E-state index contributed by atoms with van der Waals surface area (Å²) in [6.07, 6.45) is 1.59. The van der Waals surface area contributed by atoms with Gasteiger partial charge in [-0.2, -0.15) is 0 Å². The van der Waals surface area contributed by atoms with Gasteiger partial charge in [-0.05, 0) is 39.0 Å². The zero-order valence-electron chi connectivity index (χ0n) is 17.8. The minimum absolute atomic E-state index is 0.0791. The molecule has 2 heterocycles. The molecule has 1 N–H and O–H groups in total. The van der Waals surface area contributed by atoms with E-state index in [0.717, 1.165) is 4.73 Å². The molecule has 0 radical (unpaired) electrons. The van der Waals surface area contributed by atoms with Crippen LogP contribution in [0.5, 0.6) is 17.2 Å². The van der Waals surface area contributed by atoms with Crippen molar-refractivity contribution in [3.8, 4) is 17.2 Å². The summed E-state index contributed by atoms with van der Waals surface area (Å²) in [6.45, 7) is 9.42. The minimum atomic E-state index is -0.0791. The molecule has 2 aromatic rings. The number of aromatic nitrogens is 1. The Morgan fingerprint density at radius 3 is 2.10 bits per heavy atom. The Labute approximate surface area is 177 Å². The number of hydrogen-bond donors (Lipinski definition) is 1. The zero-order valence-corrected chi connectivity index (χ0v) is 17.8. The highest BCUT2D eigenvalue weighted by Gasteiger charge is 2.29. The highest BCUT2D eigenvalue weighted by molar-refractivity contribution is 5.95. The fourth-order valence-corrected chi connectivity index (χ4v) is 3.51. The molecule has 0 atom stereocenters. The molecule has 1 fully saturated rings. The predicted octanol–water partition coefficient (Wildman–Crippen LogP) is 2.37. The van der Waals surface area contributed by atoms with Gasteiger partial charge in [0.1, 0.15) is 19.3 Å². The first-order chi connectivity index (χ1) is 14.6. The van der Waals surface area contributed by atoms with E-state index in [9.17, 15) is 10.0 Å². The van der Waals surface area contributed by atoms with E-state index in [1.807, 2.05) is 37.8 Å². The van der Waals surface area contributed by atoms with Crippen molar-refractivity contribution in [2.75, 3.05) is 50.9 Å². The first kappa shape index (κ1) is 21.5. The Morgan fingerprint density at radius 1 is 0.967 bits per heavy atom. The number of hydrogen-bond acceptors (Lipinski definition) is 6. The molecule has 8 heteroatoms. The van der Waals surface area contributed by atoms with E-state index in [2.05, 4.69) is 4.90 Å². The van der Waals surface area contributed by atoms with E-state index >= 15 is 0 Å². The van der Waals surface area contributed by atoms with Gasteiger partial charge in [0.25, 0.3) is 5.91 Å². The number of pyridine rings is 1. The lowest BCUT2D eigenvalue weighted by Crippen LogP contribution is -2.52. The van der Waals surface area contributed by atoms with E-state index in [4.69, 9.17) is 14.2 Å². The average Bonchev–Trinajstić information content (AvgIpc) is 2.76. The molecule has 0 saturated carbocycles. The predicted molar refractivity (Wildman–Crippen MR) is 112 cm³/mol. The third-order valence-electron chi connectivity index (χ3n) is 4.87. The summed E-state index contributed by atoms with van der Waals surface area (Å²) in [5.74, 6) is 2.18. The lowest BCUT2D eigenvalue weighted by molar-refractivity contribution is -0.894. The zero-order chi connectivity index (χ0) is 21.5. The van der Waals surface area contributed by atoms with Crippen molar-refractivity contribution in [3.63, 3.8) is 0 Å². The molecule has 1 amide bonds. The monoisotopic (exact) mass is 416 g/mol. The van der Waals surface area contributed by atoms with Gasteiger partial charge in [0, 0.05) is 11.6 Å². The number of ether oxygens (including phenoxy) is 3. The van der Waals surface area contributed by atoms with Crippen LogP contribution in [0.2, 0.25) is 0 Å². The number of amides is 1. The number of benzene rings is 1. The molecule has 1 aliphatic rings. The molecule has 0 unspecified atom stereocenters. The Hall–Kier alpha value is -3.16. The molecule has 8 nitrogen and oxygen atoms in total. The van der Waals surface area contributed by atoms with E-state index < -0.39 is 0 Å². The van der Waals surface area contributed by atoms with Crippen molar-refractivity contribution in [1.29, 1.82) is 0 Å². The summed E-state index contributed by atoms with van der Waals surface area (Å²) in [6, 6.07) is 8.95. The summed E-state index contributed by atoms with van der Waals surface area (Å²) in [5.41, 5.74) is 0.510. The lowest BCUT2D eigenvalue weighted by atomic mass is 10.1. The molecular formula is C22H30N3O5+. The summed E-state index contributed by atoms with van der Waals surface area (Å²) in [4.78, 5) is 17.1. The minimum Gasteiger partial charge on any atom is -0.490 e. The Balaban J connectivity index is 1.78. The highest BCUT2D eigenvalue weighted by atomic mass is 16.5. The number of carbonyl (C=O) groups excluding carboxylic acids is 1. The van der Waals surface area contributed by atoms with Crippen LogP contribution in [0.15, 0.2) is 36.5 Å². The summed E-state index contributed by atoms with van der Waals surface area (Å²) >= 11 is 0. The Kier molecular flexibility index (Phi) is 7.21. The largest absolute Gasteiger partial charge is 0.490 e. The van der Waals surface area contributed by atoms with Crippen LogP contribution in [0.25, 0.3) is 0 Å². The normalized spacial score (nSPS) is 13.8. The second-order valence-electron chi connectivity index (χ2n) is 6.78. The molecule has 30 heavy (non-hydrogen) atoms. The van der Waals surface area contributed by atoms with Crippen molar-refractivity contribution < 1.29 is 28.9 Å². The van der Waals surface area contributed by atoms with Crippen LogP contribution >= 0.6 is 0 Å². The van der Waals surface area contributed by atoms with Crippen molar-refractivity contribution in [2.45, 2.75) is 20.8 Å². The lowest BCUT2D eigenvalue weighted by Gasteiger charge is -2.31. The van der Waals surface area contributed by atoms with Crippen LogP contribution in [-0.2, 0) is 0 Å². The average molecular weight is 416 g/mol. The van der Waals surface area contributed by atoms with Crippen LogP contribution in [0, 0.1) is 0 Å². The smallest absolute Gasteiger partial charge is 0.316 e. The van der Waals surface area contributed by atoms with Crippen molar-refractivity contribution >= 4 is 11.7 Å². The number of nitrogens with zero attached hydrogens (tertiary/aromatic N) is 3. The third kappa shape index (κ3) is 4.69. The van der Waals surface area contributed by atoms with Crippen LogP contribution in [-0.4, -0.2) is 62.0 Å². The van der Waals surface area contributed by atoms with Gasteiger partial charge in [-0.3, -0.25) is 9.69 Å². The molecule has 1 aromatic carbocycles. The number of piperazine rings is 1. The van der Waals surface area contributed by atoms with Crippen LogP contribution in [0.3, 0.4) is 0 Å². The summed E-state index contributed by atoms with van der Waals surface area (Å²) < 4.78 is 18.3. The second-order valence-corrected chi connectivity index (χ2v) is 6.78. The van der Waals surface area contributed by atoms with E-state index in [-0.39, 0.29) is 5.91 Å². The van der Waals surface area contributed by atoms with Gasteiger partial charge in [-0.1, -0.05) is 10.8 Å². The number of carbonyl (C=O) groups is 1. The van der Waals surface area contributed by atoms with Gasteiger partial charge in [0.05, 0.1) is 32.9 Å². The van der Waals surface area contributed by atoms with Crippen LogP contribution < -0.4 is 23.8 Å². The first-order valence-electron chi connectivity index (χ1n) is 10.4. The van der Waals surface area contributed by atoms with Gasteiger partial charge in [0.2, 0.25) is 5.75 Å². The Morgan fingerprint density at radius 2 is 1.57 bits per heavy atom. The summed E-state index contributed by atoms with van der Waals surface area (Å²) in [5, 5.41) is 10.0. The topological polar surface area (TPSA) is 75.4 Å². The number of anilines is 1. The molecule has 1 aliphatic heterocycles. The molecular weight excluding hydrogens is 386 g/mol. The maximum Gasteiger partial charge on any atom is 0.316 e. The van der Waals surface area contributed by atoms with Gasteiger partial charge in [-0.25, -0.2) is 0 Å². The molecule has 162 valence electrons. The van der Waals surface area contributed by atoms with Gasteiger partial charge < -0.3 is 24.3 Å². The third-order valence-corrected chi connectivity index (χ3v) is 4.87. The molecule has 0 bridgehead atoms. The quantitative estimate of drug-likeness (QED) is 0.526. The molecule has 3 rings (SSSR count). The molecule has 0 spiro atoms. The van der Waals surface area contributed by atoms with Gasteiger partial charge >= 0.3 is 5.82 Å². The summed E-state index contributed by atoms with van der Waals surface area (Å²) in [7, 11) is 0. The Bertz CT molecular complexity index is 839. The standard InChI is InChI=1S/C22H30N3O5/c1-4-28-18-15-17(16-19(29-5-2)21(18)30-6-3)22(26)24-13-11-23(12-14-24)20-9-7-8-10-25(20)27/h7-10,15-16,27H,4-6,11-14H2,1-3H3/q+1. The van der Waals surface area contributed by atoms with Gasteiger partial charge in [-0.15, -0.1) is 0 Å². The fraction of sp³-hybridized carbons (Fsp3) is 0.455. The van der Waals surface area contributed by atoms with E-state index in [1.54, 1.807) is 24.4 Å². The molecule has 1 aromatic heterocycles. The molecule has 1 saturated heterocycles. The fourth-order valence-electron chi connectivity index (χ4n) is 3.51. The first-order valence-corrected chi connectivity index (χ1v) is 10.4. The SMILES string of the molecule is CCOc1cc(C(=O)N2CCN(c3cccc[n+]3O)CC2)cc(OCC)c1OCC. The highest BCUT2D eigenvalue weighted by Crippen LogP contribution is 2.39. The van der Waals surface area contributed by atoms with E-state index in [1.165, 1.54) is 0 Å². The van der Waals surface area contributed by atoms with Crippen LogP contribution in [0.1, 0.15) is 31.1 Å². The van der Waals surface area contributed by atoms with Crippen LogP contribution in [0.4, 0.5) is 5.82 Å². The maximum atomic E-state index is 13.2. The second kappa shape index (κ2) is 10.0. The van der Waals surface area contributed by atoms with Crippen molar-refractivity contribution in [1.82, 2.24) is 4.90 Å².